The topological polar surface area (TPSA) is 77.0 Å². The van der Waals surface area contributed by atoms with Crippen LogP contribution in [0.2, 0.25) is 5.02 Å². The van der Waals surface area contributed by atoms with Gasteiger partial charge < -0.3 is 9.47 Å². The van der Waals surface area contributed by atoms with Crippen LogP contribution in [0.5, 0.6) is 11.5 Å². The van der Waals surface area contributed by atoms with Gasteiger partial charge in [0.2, 0.25) is 0 Å². The molecule has 158 valence electrons. The quantitative estimate of drug-likeness (QED) is 0.208. The fourth-order valence-electron chi connectivity index (χ4n) is 2.41. The molecule has 0 saturated carbocycles. The summed E-state index contributed by atoms with van der Waals surface area (Å²) in [7, 11) is 0. The molecule has 3 aromatic rings. The summed E-state index contributed by atoms with van der Waals surface area (Å²) in [5, 5.41) is 4.48. The summed E-state index contributed by atoms with van der Waals surface area (Å²) < 4.78 is 11.8. The summed E-state index contributed by atoms with van der Waals surface area (Å²) in [6.45, 7) is 1.64. The molecular formula is C23H18BrClN2O4. The van der Waals surface area contributed by atoms with E-state index in [-0.39, 0.29) is 5.91 Å². The van der Waals surface area contributed by atoms with Gasteiger partial charge in [-0.15, -0.1) is 0 Å². The number of carbonyl (C=O) groups excluding carboxylic acids is 2. The number of nitrogens with zero attached hydrogens (tertiary/aromatic N) is 1. The molecule has 3 rings (SSSR count). The van der Waals surface area contributed by atoms with Crippen molar-refractivity contribution in [1.29, 1.82) is 0 Å². The fraction of sp³-hybridized carbons (Fsp3) is 0.0870. The van der Waals surface area contributed by atoms with Crippen LogP contribution in [0.4, 0.5) is 0 Å². The van der Waals surface area contributed by atoms with E-state index < -0.39 is 12.1 Å². The van der Waals surface area contributed by atoms with E-state index in [0.717, 1.165) is 4.47 Å². The molecule has 0 aliphatic rings. The molecule has 0 aromatic heterocycles. The molecule has 0 heterocycles. The second-order valence-electron chi connectivity index (χ2n) is 6.41. The Morgan fingerprint density at radius 2 is 1.58 bits per heavy atom. The molecule has 1 amide bonds. The molecule has 0 saturated heterocycles. The number of esters is 1. The van der Waals surface area contributed by atoms with Crippen molar-refractivity contribution in [1.82, 2.24) is 5.43 Å². The zero-order valence-electron chi connectivity index (χ0n) is 16.4. The SMILES string of the molecule is C[C@H](Oc1ccc(Br)cc1)C(=O)N/N=C\c1ccc(OC(=O)c2ccc(Cl)cc2)cc1. The maximum atomic E-state index is 12.1. The predicted molar refractivity (Wildman–Crippen MR) is 123 cm³/mol. The van der Waals surface area contributed by atoms with Gasteiger partial charge in [-0.25, -0.2) is 10.2 Å². The Balaban J connectivity index is 1.49. The van der Waals surface area contributed by atoms with Crippen LogP contribution in [-0.2, 0) is 4.79 Å². The first kappa shape index (κ1) is 22.5. The summed E-state index contributed by atoms with van der Waals surface area (Å²) in [6, 6.07) is 20.3. The van der Waals surface area contributed by atoms with Gasteiger partial charge in [0, 0.05) is 9.50 Å². The van der Waals surface area contributed by atoms with Gasteiger partial charge in [-0.05, 0) is 85.3 Å². The van der Waals surface area contributed by atoms with Crippen LogP contribution in [-0.4, -0.2) is 24.2 Å². The average molecular weight is 502 g/mol. The van der Waals surface area contributed by atoms with E-state index in [0.29, 0.717) is 27.6 Å². The summed E-state index contributed by atoms with van der Waals surface area (Å²) in [5.41, 5.74) is 3.55. The Hall–Kier alpha value is -3.16. The van der Waals surface area contributed by atoms with E-state index in [1.807, 2.05) is 12.1 Å². The van der Waals surface area contributed by atoms with Gasteiger partial charge in [0.25, 0.3) is 5.91 Å². The first-order valence-corrected chi connectivity index (χ1v) is 10.4. The third-order valence-corrected chi connectivity index (χ3v) is 4.84. The number of nitrogens with one attached hydrogen (secondary N) is 1. The number of benzene rings is 3. The molecule has 0 aliphatic heterocycles. The lowest BCUT2D eigenvalue weighted by Crippen LogP contribution is -2.33. The van der Waals surface area contributed by atoms with Gasteiger partial charge in [-0.3, -0.25) is 4.79 Å². The summed E-state index contributed by atoms with van der Waals surface area (Å²) in [5.74, 6) is 0.106. The monoisotopic (exact) mass is 500 g/mol. The lowest BCUT2D eigenvalue weighted by atomic mass is 10.2. The number of rotatable bonds is 7. The maximum absolute atomic E-state index is 12.1. The first-order valence-electron chi connectivity index (χ1n) is 9.23. The van der Waals surface area contributed by atoms with Crippen molar-refractivity contribution < 1.29 is 19.1 Å². The van der Waals surface area contributed by atoms with Gasteiger partial charge in [0.15, 0.2) is 6.10 Å². The molecule has 3 aromatic carbocycles. The Bertz CT molecular complexity index is 1070. The van der Waals surface area contributed by atoms with Crippen LogP contribution >= 0.6 is 27.5 Å². The van der Waals surface area contributed by atoms with Gasteiger partial charge in [0.1, 0.15) is 11.5 Å². The van der Waals surface area contributed by atoms with Crippen LogP contribution < -0.4 is 14.9 Å². The van der Waals surface area contributed by atoms with Crippen molar-refractivity contribution in [2.75, 3.05) is 0 Å². The molecule has 0 unspecified atom stereocenters. The van der Waals surface area contributed by atoms with Crippen molar-refractivity contribution in [3.8, 4) is 11.5 Å². The minimum atomic E-state index is -0.715. The highest BCUT2D eigenvalue weighted by Crippen LogP contribution is 2.17. The third-order valence-electron chi connectivity index (χ3n) is 4.05. The van der Waals surface area contributed by atoms with Gasteiger partial charge >= 0.3 is 5.97 Å². The Labute approximate surface area is 193 Å². The highest BCUT2D eigenvalue weighted by molar-refractivity contribution is 9.10. The molecule has 1 N–H and O–H groups in total. The Morgan fingerprint density at radius 1 is 0.968 bits per heavy atom. The third kappa shape index (κ3) is 6.94. The van der Waals surface area contributed by atoms with Crippen LogP contribution in [0.3, 0.4) is 0 Å². The summed E-state index contributed by atoms with van der Waals surface area (Å²) in [6.07, 6.45) is 0.766. The molecule has 0 spiro atoms. The zero-order valence-corrected chi connectivity index (χ0v) is 18.8. The maximum Gasteiger partial charge on any atom is 0.343 e. The average Bonchev–Trinajstić information content (AvgIpc) is 2.77. The second kappa shape index (κ2) is 10.7. The number of amides is 1. The van der Waals surface area contributed by atoms with E-state index in [9.17, 15) is 9.59 Å². The molecule has 0 radical (unpaired) electrons. The first-order chi connectivity index (χ1) is 14.9. The predicted octanol–water partition coefficient (Wildman–Crippen LogP) is 5.24. The van der Waals surface area contributed by atoms with E-state index in [2.05, 4.69) is 26.5 Å². The highest BCUT2D eigenvalue weighted by Gasteiger charge is 2.13. The van der Waals surface area contributed by atoms with E-state index in [4.69, 9.17) is 21.1 Å². The molecular weight excluding hydrogens is 484 g/mol. The van der Waals surface area contributed by atoms with E-state index in [1.54, 1.807) is 67.6 Å². The highest BCUT2D eigenvalue weighted by atomic mass is 79.9. The number of carbonyl (C=O) groups is 2. The summed E-state index contributed by atoms with van der Waals surface area (Å²) >= 11 is 9.16. The lowest BCUT2D eigenvalue weighted by Gasteiger charge is -2.12. The number of halogens is 2. The van der Waals surface area contributed by atoms with Crippen molar-refractivity contribution in [2.24, 2.45) is 5.10 Å². The van der Waals surface area contributed by atoms with Crippen molar-refractivity contribution >= 4 is 45.6 Å². The van der Waals surface area contributed by atoms with Crippen LogP contribution in [0.1, 0.15) is 22.8 Å². The largest absolute Gasteiger partial charge is 0.481 e. The number of hydrogen-bond donors (Lipinski definition) is 1. The molecule has 1 atom stereocenters. The summed E-state index contributed by atoms with van der Waals surface area (Å²) in [4.78, 5) is 24.2. The van der Waals surface area contributed by atoms with Crippen LogP contribution in [0.15, 0.2) is 82.4 Å². The molecule has 0 aliphatic carbocycles. The molecule has 0 fully saturated rings. The molecule has 6 nitrogen and oxygen atoms in total. The zero-order chi connectivity index (χ0) is 22.2. The van der Waals surface area contributed by atoms with Gasteiger partial charge in [0.05, 0.1) is 11.8 Å². The standard InChI is InChI=1S/C23H18BrClN2O4/c1-15(30-20-12-6-18(24)7-13-20)22(28)27-26-14-16-2-10-21(11-3-16)31-23(29)17-4-8-19(25)9-5-17/h2-15H,1H3,(H,27,28)/b26-14-/t15-/m0/s1. The number of ether oxygens (including phenoxy) is 2. The van der Waals surface area contributed by atoms with Crippen LogP contribution in [0, 0.1) is 0 Å². The van der Waals surface area contributed by atoms with Gasteiger partial charge in [-0.1, -0.05) is 27.5 Å². The van der Waals surface area contributed by atoms with Crippen molar-refractivity contribution in [3.63, 3.8) is 0 Å². The molecule has 8 heteroatoms. The van der Waals surface area contributed by atoms with Crippen molar-refractivity contribution in [2.45, 2.75) is 13.0 Å². The van der Waals surface area contributed by atoms with Crippen LogP contribution in [0.25, 0.3) is 0 Å². The molecule has 0 bridgehead atoms. The van der Waals surface area contributed by atoms with Gasteiger partial charge in [-0.2, -0.15) is 5.10 Å². The van der Waals surface area contributed by atoms with Crippen molar-refractivity contribution in [3.05, 3.63) is 93.4 Å². The smallest absolute Gasteiger partial charge is 0.343 e. The Morgan fingerprint density at radius 3 is 2.23 bits per heavy atom. The minimum absolute atomic E-state index is 0.382. The molecule has 31 heavy (non-hydrogen) atoms. The van der Waals surface area contributed by atoms with E-state index in [1.165, 1.54) is 6.21 Å². The minimum Gasteiger partial charge on any atom is -0.481 e. The normalized spacial score (nSPS) is 11.7. The van der Waals surface area contributed by atoms with E-state index >= 15 is 0 Å². The fourth-order valence-corrected chi connectivity index (χ4v) is 2.80. The second-order valence-corrected chi connectivity index (χ2v) is 7.77. The number of hydrazone groups is 1. The Kier molecular flexibility index (Phi) is 7.81. The lowest BCUT2D eigenvalue weighted by molar-refractivity contribution is -0.127. The number of hydrogen-bond acceptors (Lipinski definition) is 5.